The van der Waals surface area contributed by atoms with Crippen LogP contribution in [-0.4, -0.2) is 51.2 Å². The number of benzene rings is 2. The van der Waals surface area contributed by atoms with Gasteiger partial charge in [0.1, 0.15) is 0 Å². The van der Waals surface area contributed by atoms with Crippen LogP contribution < -0.4 is 8.61 Å². The molecule has 0 aliphatic heterocycles. The lowest BCUT2D eigenvalue weighted by atomic mass is 10.0. The Kier molecular flexibility index (Phi) is 12.7. The number of sulfonamides is 2. The van der Waals surface area contributed by atoms with Crippen molar-refractivity contribution >= 4 is 54.8 Å². The normalized spacial score (nSPS) is 12.4. The monoisotopic (exact) mass is 700 g/mol. The van der Waals surface area contributed by atoms with Crippen LogP contribution >= 0.6 is 0 Å². The molecule has 254 valence electrons. The SMILES string of the molecule is CCCCCC(=O)c1cccc(N(C(=O)C(=O)N(c2cccc(C(=O)CCCCC)c2)S(=O)(=O)C(F)(F)F)S(=O)(=O)C(F)(F)F)c1. The molecular formula is C28H30F6N2O8S2. The predicted octanol–water partition coefficient (Wildman–Crippen LogP) is 6.28. The fourth-order valence-corrected chi connectivity index (χ4v) is 5.87. The molecule has 0 radical (unpaired) electrons. The zero-order chi connectivity index (χ0) is 35.1. The first-order valence-corrected chi connectivity index (χ1v) is 16.7. The van der Waals surface area contributed by atoms with Crippen LogP contribution in [-0.2, 0) is 29.6 Å². The fraction of sp³-hybridized carbons (Fsp3) is 0.429. The number of amides is 2. The van der Waals surface area contributed by atoms with Crippen molar-refractivity contribution in [2.75, 3.05) is 8.61 Å². The van der Waals surface area contributed by atoms with Crippen molar-refractivity contribution < 1.29 is 62.4 Å². The van der Waals surface area contributed by atoms with Crippen LogP contribution in [0.15, 0.2) is 48.5 Å². The molecule has 0 spiro atoms. The van der Waals surface area contributed by atoms with Crippen LogP contribution in [0.5, 0.6) is 0 Å². The molecule has 0 saturated heterocycles. The van der Waals surface area contributed by atoms with Gasteiger partial charge in [0.2, 0.25) is 0 Å². The molecule has 0 heterocycles. The molecule has 10 nitrogen and oxygen atoms in total. The van der Waals surface area contributed by atoms with E-state index in [1.54, 1.807) is 0 Å². The number of rotatable bonds is 14. The number of anilines is 2. The van der Waals surface area contributed by atoms with Crippen molar-refractivity contribution in [3.63, 3.8) is 0 Å². The van der Waals surface area contributed by atoms with E-state index in [1.165, 1.54) is 0 Å². The maximum atomic E-state index is 13.8. The fourth-order valence-electron chi connectivity index (χ4n) is 4.08. The first kappa shape index (κ1) is 38.4. The van der Waals surface area contributed by atoms with Crippen LogP contribution in [0.1, 0.15) is 85.9 Å². The van der Waals surface area contributed by atoms with Crippen LogP contribution in [0.3, 0.4) is 0 Å². The Morgan fingerprint density at radius 2 is 0.913 bits per heavy atom. The number of alkyl halides is 6. The van der Waals surface area contributed by atoms with E-state index in [2.05, 4.69) is 0 Å². The molecule has 0 aliphatic rings. The Hall–Kier alpha value is -3.80. The summed E-state index contributed by atoms with van der Waals surface area (Å²) in [5.41, 5.74) is -16.0. The Bertz CT molecular complexity index is 1550. The number of halogens is 6. The van der Waals surface area contributed by atoms with E-state index in [9.17, 15) is 62.4 Å². The Balaban J connectivity index is 2.77. The van der Waals surface area contributed by atoms with Crippen molar-refractivity contribution in [2.24, 2.45) is 0 Å². The summed E-state index contributed by atoms with van der Waals surface area (Å²) in [6.07, 6.45) is 2.95. The lowest BCUT2D eigenvalue weighted by molar-refractivity contribution is -0.135. The second-order valence-electron chi connectivity index (χ2n) is 9.90. The smallest absolute Gasteiger partial charge is 0.294 e. The third-order valence-corrected chi connectivity index (χ3v) is 9.32. The predicted molar refractivity (Wildman–Crippen MR) is 155 cm³/mol. The average molecular weight is 701 g/mol. The van der Waals surface area contributed by atoms with E-state index >= 15 is 0 Å². The van der Waals surface area contributed by atoms with Gasteiger partial charge in [-0.25, -0.2) is 0 Å². The van der Waals surface area contributed by atoms with Crippen molar-refractivity contribution in [3.05, 3.63) is 59.7 Å². The van der Waals surface area contributed by atoms with Gasteiger partial charge in [0.15, 0.2) is 11.6 Å². The number of carbonyl (C=O) groups excluding carboxylic acids is 4. The van der Waals surface area contributed by atoms with Crippen LogP contribution in [0, 0.1) is 0 Å². The molecule has 0 aromatic heterocycles. The van der Waals surface area contributed by atoms with E-state index in [-0.39, 0.29) is 12.8 Å². The molecule has 2 aromatic rings. The molecule has 0 aliphatic carbocycles. The number of hydrogen-bond donors (Lipinski definition) is 0. The highest BCUT2D eigenvalue weighted by atomic mass is 32.2. The van der Waals surface area contributed by atoms with Crippen LogP contribution in [0.4, 0.5) is 37.7 Å². The third-order valence-electron chi connectivity index (χ3n) is 6.44. The number of nitrogens with zero attached hydrogens (tertiary/aromatic N) is 2. The summed E-state index contributed by atoms with van der Waals surface area (Å²) in [7, 11) is -13.9. The van der Waals surface area contributed by atoms with Gasteiger partial charge in [0, 0.05) is 24.0 Å². The highest BCUT2D eigenvalue weighted by Crippen LogP contribution is 2.35. The molecule has 0 fully saturated rings. The summed E-state index contributed by atoms with van der Waals surface area (Å²) >= 11 is 0. The molecule has 0 saturated carbocycles. The second-order valence-corrected chi connectivity index (χ2v) is 13.5. The number of unbranched alkanes of at least 4 members (excludes halogenated alkanes) is 4. The second kappa shape index (κ2) is 15.2. The van der Waals surface area contributed by atoms with Gasteiger partial charge in [0.05, 0.1) is 11.4 Å². The van der Waals surface area contributed by atoms with Crippen LogP contribution in [0.2, 0.25) is 0 Å². The maximum Gasteiger partial charge on any atom is 0.517 e. The van der Waals surface area contributed by atoms with Gasteiger partial charge in [-0.15, -0.1) is 0 Å². The lowest BCUT2D eigenvalue weighted by Gasteiger charge is -2.27. The van der Waals surface area contributed by atoms with E-state index in [4.69, 9.17) is 0 Å². The summed E-state index contributed by atoms with van der Waals surface area (Å²) in [5.74, 6) is -7.14. The largest absolute Gasteiger partial charge is 0.517 e. The molecule has 0 unspecified atom stereocenters. The van der Waals surface area contributed by atoms with Crippen molar-refractivity contribution in [1.29, 1.82) is 0 Å². The number of Topliss-reactive ketones (excluding diaryl/α,β-unsaturated/α-hetero) is 2. The Labute approximate surface area is 261 Å². The molecule has 2 rings (SSSR count). The van der Waals surface area contributed by atoms with Gasteiger partial charge in [-0.3, -0.25) is 19.2 Å². The summed E-state index contributed by atoms with van der Waals surface area (Å²) < 4.78 is 130. The zero-order valence-corrected chi connectivity index (χ0v) is 26.2. The lowest BCUT2D eigenvalue weighted by Crippen LogP contribution is -2.54. The number of carbonyl (C=O) groups is 4. The molecule has 46 heavy (non-hydrogen) atoms. The molecule has 0 bridgehead atoms. The minimum absolute atomic E-state index is 0.138. The maximum absolute atomic E-state index is 13.8. The van der Waals surface area contributed by atoms with Gasteiger partial charge in [-0.05, 0) is 37.1 Å². The van der Waals surface area contributed by atoms with Crippen LogP contribution in [0.25, 0.3) is 0 Å². The summed E-state index contributed by atoms with van der Waals surface area (Å²) in [6.45, 7) is 3.63. The van der Waals surface area contributed by atoms with Gasteiger partial charge >= 0.3 is 42.9 Å². The van der Waals surface area contributed by atoms with Gasteiger partial charge in [-0.2, -0.15) is 51.8 Å². The first-order valence-electron chi connectivity index (χ1n) is 13.8. The third kappa shape index (κ3) is 8.71. The molecular weight excluding hydrogens is 670 g/mol. The topological polar surface area (TPSA) is 143 Å². The summed E-state index contributed by atoms with van der Waals surface area (Å²) in [6, 6.07) is 5.94. The zero-order valence-electron chi connectivity index (χ0n) is 24.5. The highest BCUT2D eigenvalue weighted by molar-refractivity contribution is 7.95. The highest BCUT2D eigenvalue weighted by Gasteiger charge is 2.58. The summed E-state index contributed by atoms with van der Waals surface area (Å²) in [5, 5.41) is 0. The number of hydrogen-bond acceptors (Lipinski definition) is 8. The Morgan fingerprint density at radius 1 is 0.587 bits per heavy atom. The number of ketones is 2. The minimum Gasteiger partial charge on any atom is -0.294 e. The van der Waals surface area contributed by atoms with Crippen molar-refractivity contribution in [2.45, 2.75) is 76.2 Å². The molecule has 0 atom stereocenters. The van der Waals surface area contributed by atoms with Gasteiger partial charge < -0.3 is 0 Å². The van der Waals surface area contributed by atoms with E-state index in [0.717, 1.165) is 24.3 Å². The van der Waals surface area contributed by atoms with Crippen molar-refractivity contribution in [1.82, 2.24) is 0 Å². The first-order chi connectivity index (χ1) is 21.2. The molecule has 18 heteroatoms. The Morgan fingerprint density at radius 3 is 1.20 bits per heavy atom. The van der Waals surface area contributed by atoms with Gasteiger partial charge in [0.25, 0.3) is 0 Å². The average Bonchev–Trinajstić information content (AvgIpc) is 2.96. The van der Waals surface area contributed by atoms with E-state index < -0.39 is 85.6 Å². The molecule has 2 aromatic carbocycles. The summed E-state index contributed by atoms with van der Waals surface area (Å²) in [4.78, 5) is 51.7. The quantitative estimate of drug-likeness (QED) is 0.0971. The van der Waals surface area contributed by atoms with E-state index in [0.29, 0.717) is 62.8 Å². The standard InChI is InChI=1S/C28H30F6N2O8S2/c1-3-5-7-15-23(37)19-11-9-13-21(17-19)35(45(41,42)27(29,30)31)25(39)26(40)36(46(43,44)28(32,33)34)22-14-10-12-20(18-22)24(38)16-8-6-4-2/h9-14,17-18H,3-8,15-16H2,1-2H3. The van der Waals surface area contributed by atoms with Crippen molar-refractivity contribution in [3.8, 4) is 0 Å². The minimum atomic E-state index is -6.94. The molecule has 2 amide bonds. The van der Waals surface area contributed by atoms with E-state index in [1.807, 2.05) is 13.8 Å². The molecule has 0 N–H and O–H groups in total. The van der Waals surface area contributed by atoms with Gasteiger partial charge in [-0.1, -0.05) is 63.8 Å².